The van der Waals surface area contributed by atoms with Gasteiger partial charge in [-0.1, -0.05) is 62.3 Å². The van der Waals surface area contributed by atoms with Gasteiger partial charge in [-0.3, -0.25) is 0 Å². The lowest BCUT2D eigenvalue weighted by atomic mass is 9.81. The second kappa shape index (κ2) is 11.2. The molecule has 0 aliphatic heterocycles. The average molecular weight is 521 g/mol. The minimum Gasteiger partial charge on any atom is -0.411 e. The van der Waals surface area contributed by atoms with Gasteiger partial charge in [-0.25, -0.2) is 0 Å². The molecule has 0 aromatic heterocycles. The Labute approximate surface area is 208 Å². The van der Waals surface area contributed by atoms with Crippen LogP contribution in [0, 0.1) is 5.92 Å². The van der Waals surface area contributed by atoms with Crippen LogP contribution in [0.5, 0.6) is 0 Å². The summed E-state index contributed by atoms with van der Waals surface area (Å²) in [6, 6.07) is 3.07. The third kappa shape index (κ3) is 7.24. The fourth-order valence-corrected chi connectivity index (χ4v) is 9.73. The van der Waals surface area contributed by atoms with Crippen LogP contribution in [0.2, 0.25) is 54.4 Å². The van der Waals surface area contributed by atoms with E-state index in [0.29, 0.717) is 6.42 Å². The van der Waals surface area contributed by atoms with E-state index in [1.165, 1.54) is 0 Å². The van der Waals surface area contributed by atoms with Crippen molar-refractivity contribution in [1.82, 2.24) is 0 Å². The summed E-state index contributed by atoms with van der Waals surface area (Å²) in [6.45, 7) is 29.1. The predicted octanol–water partition coefficient (Wildman–Crippen LogP) is 6.53. The maximum absolute atomic E-state index is 11.3. The Morgan fingerprint density at radius 3 is 1.42 bits per heavy atom. The molecule has 8 heteroatoms. The number of aliphatic hydroxyl groups is 2. The fraction of sp³-hybridized carbons (Fsp3) is 1.00. The summed E-state index contributed by atoms with van der Waals surface area (Å²) in [7, 11) is -6.34. The van der Waals surface area contributed by atoms with Gasteiger partial charge in [0.05, 0.1) is 24.4 Å². The molecule has 0 amide bonds. The Hall–Kier alpha value is 0.451. The van der Waals surface area contributed by atoms with Crippen LogP contribution in [0.15, 0.2) is 0 Å². The summed E-state index contributed by atoms with van der Waals surface area (Å²) in [5.74, 6) is -0.157. The molecule has 198 valence electrons. The molecule has 1 fully saturated rings. The molecule has 0 radical (unpaired) electrons. The van der Waals surface area contributed by atoms with Crippen molar-refractivity contribution in [3.63, 3.8) is 0 Å². The van der Waals surface area contributed by atoms with Crippen LogP contribution in [0.3, 0.4) is 0 Å². The van der Waals surface area contributed by atoms with Crippen molar-refractivity contribution in [2.75, 3.05) is 6.61 Å². The van der Waals surface area contributed by atoms with Crippen LogP contribution in [0.1, 0.15) is 68.7 Å². The van der Waals surface area contributed by atoms with Crippen molar-refractivity contribution in [1.29, 1.82) is 0 Å². The standard InChI is InChI=1S/C25H56O5Si3/c1-14-33(15-2,16-3)30-23-21(28-31(10,11)24(4,5)6)19(18-26)17-20(27)22(23)29-32(12,13)25(7,8)9/h19-23,26-27H,14-18H2,1-13H3/t19-,20+,21+,22+,23-/m1/s1. The lowest BCUT2D eigenvalue weighted by Crippen LogP contribution is -2.65. The Kier molecular flexibility index (Phi) is 10.7. The molecule has 0 unspecified atom stereocenters. The molecule has 0 bridgehead atoms. The lowest BCUT2D eigenvalue weighted by molar-refractivity contribution is -0.147. The van der Waals surface area contributed by atoms with E-state index in [1.807, 2.05) is 0 Å². The molecule has 2 N–H and O–H groups in total. The maximum atomic E-state index is 11.3. The van der Waals surface area contributed by atoms with Crippen molar-refractivity contribution in [3.05, 3.63) is 0 Å². The third-order valence-corrected chi connectivity index (χ3v) is 22.6. The van der Waals surface area contributed by atoms with Crippen molar-refractivity contribution in [3.8, 4) is 0 Å². The minimum atomic E-state index is -2.17. The summed E-state index contributed by atoms with van der Waals surface area (Å²) < 4.78 is 21.1. The molecule has 1 aliphatic rings. The van der Waals surface area contributed by atoms with Gasteiger partial charge < -0.3 is 23.5 Å². The summed E-state index contributed by atoms with van der Waals surface area (Å²) >= 11 is 0. The molecule has 1 aliphatic carbocycles. The first kappa shape index (κ1) is 31.5. The zero-order valence-corrected chi connectivity index (χ0v) is 27.0. The van der Waals surface area contributed by atoms with E-state index in [0.717, 1.165) is 18.1 Å². The third-order valence-electron chi connectivity index (χ3n) is 9.06. The van der Waals surface area contributed by atoms with Crippen molar-refractivity contribution >= 4 is 25.0 Å². The van der Waals surface area contributed by atoms with E-state index in [1.54, 1.807) is 0 Å². The topological polar surface area (TPSA) is 68.2 Å². The van der Waals surface area contributed by atoms with Gasteiger partial charge >= 0.3 is 0 Å². The Balaban J connectivity index is 3.58. The van der Waals surface area contributed by atoms with E-state index < -0.39 is 37.2 Å². The highest BCUT2D eigenvalue weighted by molar-refractivity contribution is 6.75. The van der Waals surface area contributed by atoms with Crippen LogP contribution >= 0.6 is 0 Å². The summed E-state index contributed by atoms with van der Waals surface area (Å²) in [6.07, 6.45) is -1.25. The van der Waals surface area contributed by atoms with Gasteiger partial charge in [0.25, 0.3) is 0 Å². The van der Waals surface area contributed by atoms with Gasteiger partial charge in [-0.2, -0.15) is 0 Å². The van der Waals surface area contributed by atoms with E-state index in [9.17, 15) is 10.2 Å². The largest absolute Gasteiger partial charge is 0.411 e. The Morgan fingerprint density at radius 1 is 0.697 bits per heavy atom. The van der Waals surface area contributed by atoms with Crippen LogP contribution < -0.4 is 0 Å². The van der Waals surface area contributed by atoms with Crippen molar-refractivity contribution in [2.45, 2.75) is 148 Å². The molecule has 33 heavy (non-hydrogen) atoms. The zero-order chi connectivity index (χ0) is 26.0. The number of hydrogen-bond donors (Lipinski definition) is 2. The first-order valence-corrected chi connectivity index (χ1v) is 21.5. The highest BCUT2D eigenvalue weighted by Crippen LogP contribution is 2.45. The average Bonchev–Trinajstić information content (AvgIpc) is 2.68. The monoisotopic (exact) mass is 520 g/mol. The summed E-state index contributed by atoms with van der Waals surface area (Å²) in [5.41, 5.74) is 0. The van der Waals surface area contributed by atoms with Crippen LogP contribution in [-0.2, 0) is 13.3 Å². The van der Waals surface area contributed by atoms with E-state index in [2.05, 4.69) is 88.5 Å². The fourth-order valence-electron chi connectivity index (χ4n) is 4.20. The number of aliphatic hydroxyl groups excluding tert-OH is 2. The Morgan fingerprint density at radius 2 is 1.09 bits per heavy atom. The summed E-state index contributed by atoms with van der Waals surface area (Å²) in [5, 5.41) is 21.8. The minimum absolute atomic E-state index is 0.0120. The van der Waals surface area contributed by atoms with Crippen LogP contribution in [0.4, 0.5) is 0 Å². The number of hydrogen-bond acceptors (Lipinski definition) is 5. The molecule has 0 saturated heterocycles. The van der Waals surface area contributed by atoms with Crippen LogP contribution in [-0.4, -0.2) is 66.2 Å². The molecule has 0 aromatic carbocycles. The lowest BCUT2D eigenvalue weighted by Gasteiger charge is -2.53. The maximum Gasteiger partial charge on any atom is 0.192 e. The van der Waals surface area contributed by atoms with E-state index in [-0.39, 0.29) is 34.8 Å². The molecule has 0 heterocycles. The Bertz CT molecular complexity index is 600. The first-order valence-electron chi connectivity index (χ1n) is 13.1. The second-order valence-corrected chi connectivity index (χ2v) is 27.5. The zero-order valence-electron chi connectivity index (χ0n) is 24.0. The van der Waals surface area contributed by atoms with Gasteiger partial charge in [-0.15, -0.1) is 0 Å². The highest BCUT2D eigenvalue weighted by Gasteiger charge is 2.54. The molecule has 1 saturated carbocycles. The molecule has 5 atom stereocenters. The molecule has 5 nitrogen and oxygen atoms in total. The molecule has 0 aromatic rings. The quantitative estimate of drug-likeness (QED) is 0.320. The second-order valence-electron chi connectivity index (χ2n) is 13.3. The van der Waals surface area contributed by atoms with Gasteiger partial charge in [0, 0.05) is 12.5 Å². The smallest absolute Gasteiger partial charge is 0.192 e. The van der Waals surface area contributed by atoms with Gasteiger partial charge in [0.1, 0.15) is 0 Å². The van der Waals surface area contributed by atoms with Gasteiger partial charge in [-0.05, 0) is 60.8 Å². The normalized spacial score (nSPS) is 28.3. The molecule has 0 spiro atoms. The van der Waals surface area contributed by atoms with Crippen molar-refractivity contribution < 1.29 is 23.5 Å². The van der Waals surface area contributed by atoms with Gasteiger partial charge in [0.2, 0.25) is 0 Å². The molecular weight excluding hydrogens is 465 g/mol. The predicted molar refractivity (Wildman–Crippen MR) is 147 cm³/mol. The van der Waals surface area contributed by atoms with E-state index >= 15 is 0 Å². The first-order chi connectivity index (χ1) is 14.8. The highest BCUT2D eigenvalue weighted by atomic mass is 28.4. The SMILES string of the molecule is CC[Si](CC)(CC)O[C@H]1[C@@H](O[Si](C)(C)C(C)(C)C)[C@@H](O)C[C@H](CO)[C@@H]1O[Si](C)(C)C(C)(C)C. The molecular formula is C25H56O5Si3. The molecule has 1 rings (SSSR count). The summed E-state index contributed by atoms with van der Waals surface area (Å²) in [4.78, 5) is 0. The van der Waals surface area contributed by atoms with Gasteiger partial charge in [0.15, 0.2) is 25.0 Å². The van der Waals surface area contributed by atoms with E-state index in [4.69, 9.17) is 13.3 Å². The van der Waals surface area contributed by atoms with Crippen LogP contribution in [0.25, 0.3) is 0 Å². The van der Waals surface area contributed by atoms with Crippen molar-refractivity contribution in [2.24, 2.45) is 5.92 Å². The number of rotatable bonds is 10.